The molecule has 2 heterocycles. The number of carbonyl (C=O) groups excluding carboxylic acids is 1. The second kappa shape index (κ2) is 7.24. The van der Waals surface area contributed by atoms with E-state index in [0.29, 0.717) is 11.1 Å². The van der Waals surface area contributed by atoms with Crippen molar-refractivity contribution in [2.75, 3.05) is 5.75 Å². The molecule has 22 heavy (non-hydrogen) atoms. The third-order valence-electron chi connectivity index (χ3n) is 2.68. The Morgan fingerprint density at radius 1 is 1.18 bits per heavy atom. The first-order chi connectivity index (χ1) is 10.8. The van der Waals surface area contributed by atoms with Gasteiger partial charge in [-0.2, -0.15) is 0 Å². The summed E-state index contributed by atoms with van der Waals surface area (Å²) in [7, 11) is 0. The number of thioether (sulfide) groups is 1. The van der Waals surface area contributed by atoms with Crippen LogP contribution < -0.4 is 4.74 Å². The Morgan fingerprint density at radius 3 is 2.82 bits per heavy atom. The third kappa shape index (κ3) is 3.96. The van der Waals surface area contributed by atoms with Gasteiger partial charge in [-0.05, 0) is 23.6 Å². The van der Waals surface area contributed by atoms with Crippen molar-refractivity contribution in [1.82, 2.24) is 10.2 Å². The van der Waals surface area contributed by atoms with Gasteiger partial charge in [0.05, 0.1) is 10.6 Å². The number of para-hydroxylation sites is 1. The summed E-state index contributed by atoms with van der Waals surface area (Å²) < 4.78 is 11.0. The highest BCUT2D eigenvalue weighted by molar-refractivity contribution is 7.99. The molecule has 0 atom stereocenters. The first-order valence-corrected chi connectivity index (χ1v) is 8.37. The average molecular weight is 332 g/mol. The van der Waals surface area contributed by atoms with Crippen molar-refractivity contribution in [1.29, 1.82) is 0 Å². The zero-order chi connectivity index (χ0) is 15.2. The van der Waals surface area contributed by atoms with Gasteiger partial charge >= 0.3 is 0 Å². The van der Waals surface area contributed by atoms with Crippen molar-refractivity contribution in [3.63, 3.8) is 0 Å². The van der Waals surface area contributed by atoms with E-state index in [2.05, 4.69) is 10.2 Å². The predicted octanol–water partition coefficient (Wildman–Crippen LogP) is 3.69. The van der Waals surface area contributed by atoms with E-state index in [0.717, 1.165) is 10.6 Å². The van der Waals surface area contributed by atoms with Crippen LogP contribution in [0.5, 0.6) is 5.75 Å². The molecule has 0 bridgehead atoms. The number of hydrogen-bond donors (Lipinski definition) is 0. The summed E-state index contributed by atoms with van der Waals surface area (Å²) in [4.78, 5) is 12.6. The van der Waals surface area contributed by atoms with Crippen molar-refractivity contribution in [3.05, 3.63) is 58.6 Å². The van der Waals surface area contributed by atoms with E-state index in [4.69, 9.17) is 9.15 Å². The lowest BCUT2D eigenvalue weighted by Crippen LogP contribution is -1.98. The molecule has 2 aromatic heterocycles. The van der Waals surface area contributed by atoms with Gasteiger partial charge in [0.1, 0.15) is 5.75 Å². The Bertz CT molecular complexity index is 726. The largest absolute Gasteiger partial charge is 0.484 e. The van der Waals surface area contributed by atoms with Gasteiger partial charge in [-0.1, -0.05) is 36.0 Å². The molecule has 0 spiro atoms. The van der Waals surface area contributed by atoms with Gasteiger partial charge in [0, 0.05) is 0 Å². The fourth-order valence-corrected chi connectivity index (χ4v) is 3.07. The molecule has 3 rings (SSSR count). The quantitative estimate of drug-likeness (QED) is 0.486. The molecule has 0 saturated heterocycles. The molecule has 112 valence electrons. The number of ketones is 1. The number of carbonyl (C=O) groups is 1. The number of aromatic nitrogens is 2. The molecule has 0 radical (unpaired) electrons. The van der Waals surface area contributed by atoms with Gasteiger partial charge in [0.2, 0.25) is 0 Å². The number of Topliss-reactive ketones (excluding diaryl/α,β-unsaturated/α-hetero) is 1. The van der Waals surface area contributed by atoms with Gasteiger partial charge < -0.3 is 9.15 Å². The van der Waals surface area contributed by atoms with Crippen molar-refractivity contribution in [2.45, 2.75) is 11.8 Å². The summed E-state index contributed by atoms with van der Waals surface area (Å²) in [5, 5.41) is 10.1. The number of hydrogen-bond acceptors (Lipinski definition) is 7. The summed E-state index contributed by atoms with van der Waals surface area (Å²) in [6.07, 6.45) is 0. The molecule has 0 unspecified atom stereocenters. The van der Waals surface area contributed by atoms with Crippen molar-refractivity contribution in [2.24, 2.45) is 0 Å². The highest BCUT2D eigenvalue weighted by Crippen LogP contribution is 2.20. The highest BCUT2D eigenvalue weighted by atomic mass is 32.2. The lowest BCUT2D eigenvalue weighted by atomic mass is 10.3. The minimum absolute atomic E-state index is 0.0558. The lowest BCUT2D eigenvalue weighted by Gasteiger charge is -2.01. The standard InChI is InChI=1S/C15H12N2O3S2/c18-12(13-7-4-8-21-13)10-22-15-17-16-14(20-15)9-19-11-5-2-1-3-6-11/h1-8H,9-10H2. The van der Waals surface area contributed by atoms with Crippen LogP contribution in [-0.4, -0.2) is 21.7 Å². The molecule has 5 nitrogen and oxygen atoms in total. The molecule has 0 aliphatic heterocycles. The number of ether oxygens (including phenoxy) is 1. The molecule has 0 aliphatic carbocycles. The molecule has 1 aromatic carbocycles. The van der Waals surface area contributed by atoms with Crippen LogP contribution in [0.4, 0.5) is 0 Å². The smallest absolute Gasteiger partial charge is 0.277 e. The first kappa shape index (κ1) is 14.8. The average Bonchev–Trinajstić information content (AvgIpc) is 3.23. The van der Waals surface area contributed by atoms with Crippen LogP contribution in [-0.2, 0) is 6.61 Å². The van der Waals surface area contributed by atoms with Crippen LogP contribution in [0.2, 0.25) is 0 Å². The highest BCUT2D eigenvalue weighted by Gasteiger charge is 2.12. The molecule has 7 heteroatoms. The first-order valence-electron chi connectivity index (χ1n) is 6.51. The topological polar surface area (TPSA) is 65.2 Å². The van der Waals surface area contributed by atoms with Crippen LogP contribution in [0.15, 0.2) is 57.5 Å². The summed E-state index contributed by atoms with van der Waals surface area (Å²) in [5.41, 5.74) is 0. The fourth-order valence-electron chi connectivity index (χ4n) is 1.65. The second-order valence-corrected chi connectivity index (χ2v) is 6.13. The summed E-state index contributed by atoms with van der Waals surface area (Å²) >= 11 is 2.66. The SMILES string of the molecule is O=C(CSc1nnc(COc2ccccc2)o1)c1cccs1. The monoisotopic (exact) mass is 332 g/mol. The van der Waals surface area contributed by atoms with E-state index >= 15 is 0 Å². The fraction of sp³-hybridized carbons (Fsp3) is 0.133. The maximum absolute atomic E-state index is 11.9. The molecule has 0 fully saturated rings. The summed E-state index contributed by atoms with van der Waals surface area (Å²) in [6, 6.07) is 13.1. The van der Waals surface area contributed by atoms with E-state index in [1.54, 1.807) is 6.07 Å². The van der Waals surface area contributed by atoms with Crippen LogP contribution >= 0.6 is 23.1 Å². The van der Waals surface area contributed by atoms with Crippen LogP contribution in [0, 0.1) is 0 Å². The van der Waals surface area contributed by atoms with Gasteiger partial charge in [0.25, 0.3) is 11.1 Å². The Morgan fingerprint density at radius 2 is 2.05 bits per heavy atom. The number of thiophene rings is 1. The molecule has 0 saturated carbocycles. The minimum atomic E-state index is 0.0558. The Balaban J connectivity index is 1.50. The van der Waals surface area contributed by atoms with Gasteiger partial charge in [-0.3, -0.25) is 4.79 Å². The number of rotatable bonds is 7. The number of benzene rings is 1. The van der Waals surface area contributed by atoms with E-state index < -0.39 is 0 Å². The molecule has 0 aliphatic rings. The minimum Gasteiger partial charge on any atom is -0.484 e. The van der Waals surface area contributed by atoms with Gasteiger partial charge in [-0.15, -0.1) is 21.5 Å². The van der Waals surface area contributed by atoms with Crippen LogP contribution in [0.1, 0.15) is 15.6 Å². The Kier molecular flexibility index (Phi) is 4.87. The summed E-state index contributed by atoms with van der Waals surface area (Å²) in [6.45, 7) is 0.205. The Labute approximate surface area is 135 Å². The van der Waals surface area contributed by atoms with Gasteiger partial charge in [0.15, 0.2) is 12.4 Å². The molecular weight excluding hydrogens is 320 g/mol. The molecule has 0 amide bonds. The van der Waals surface area contributed by atoms with E-state index in [1.165, 1.54) is 23.1 Å². The van der Waals surface area contributed by atoms with Crippen LogP contribution in [0.25, 0.3) is 0 Å². The predicted molar refractivity (Wildman–Crippen MR) is 84.4 cm³/mol. The van der Waals surface area contributed by atoms with E-state index in [1.807, 2.05) is 41.8 Å². The zero-order valence-electron chi connectivity index (χ0n) is 11.5. The second-order valence-electron chi connectivity index (χ2n) is 4.25. The van der Waals surface area contributed by atoms with Crippen molar-refractivity contribution >= 4 is 28.9 Å². The molecule has 0 N–H and O–H groups in total. The van der Waals surface area contributed by atoms with Gasteiger partial charge in [-0.25, -0.2) is 0 Å². The number of nitrogens with zero attached hydrogens (tertiary/aromatic N) is 2. The van der Waals surface area contributed by atoms with Crippen molar-refractivity contribution < 1.29 is 13.9 Å². The summed E-state index contributed by atoms with van der Waals surface area (Å²) in [5.74, 6) is 1.46. The van der Waals surface area contributed by atoms with Crippen molar-refractivity contribution in [3.8, 4) is 5.75 Å². The normalized spacial score (nSPS) is 10.5. The maximum atomic E-state index is 11.9. The maximum Gasteiger partial charge on any atom is 0.277 e. The van der Waals surface area contributed by atoms with Crippen LogP contribution in [0.3, 0.4) is 0 Å². The van der Waals surface area contributed by atoms with E-state index in [-0.39, 0.29) is 18.1 Å². The Hall–Kier alpha value is -2.12. The third-order valence-corrected chi connectivity index (χ3v) is 4.41. The van der Waals surface area contributed by atoms with E-state index in [9.17, 15) is 4.79 Å². The molecular formula is C15H12N2O3S2. The zero-order valence-corrected chi connectivity index (χ0v) is 13.1. The molecule has 3 aromatic rings. The lowest BCUT2D eigenvalue weighted by molar-refractivity contribution is 0.102.